The van der Waals surface area contributed by atoms with Gasteiger partial charge in [-0.15, -0.1) is 4.91 Å². The number of rotatable bonds is 1. The molecular weight excluding hydrogens is 283 g/mol. The molecule has 2 aromatic rings. The normalized spacial score (nSPS) is 10.6. The number of fused-ring (bicyclic) bond motifs is 1. The molecule has 0 saturated heterocycles. The van der Waals surface area contributed by atoms with Gasteiger partial charge >= 0.3 is 0 Å². The molecule has 66 valence electrons. The van der Waals surface area contributed by atoms with Crippen LogP contribution in [-0.2, 0) is 7.05 Å². The van der Waals surface area contributed by atoms with Gasteiger partial charge in [-0.05, 0) is 33.8 Å². The van der Waals surface area contributed by atoms with Crippen LogP contribution in [0.2, 0.25) is 0 Å². The molecule has 5 nitrogen and oxygen atoms in total. The first-order valence-electron chi connectivity index (χ1n) is 3.54. The summed E-state index contributed by atoms with van der Waals surface area (Å²) in [6.07, 6.45) is 1.44. The summed E-state index contributed by atoms with van der Waals surface area (Å²) in [5.74, 6) is 0. The lowest BCUT2D eigenvalue weighted by molar-refractivity contribution is 0.777. The molecule has 2 aromatic heterocycles. The van der Waals surface area contributed by atoms with Gasteiger partial charge in [-0.2, -0.15) is 5.10 Å². The second-order valence-electron chi connectivity index (χ2n) is 2.57. The quantitative estimate of drug-likeness (QED) is 0.595. The van der Waals surface area contributed by atoms with Crippen molar-refractivity contribution in [2.75, 3.05) is 0 Å². The second-order valence-corrected chi connectivity index (χ2v) is 3.59. The van der Waals surface area contributed by atoms with E-state index in [-0.39, 0.29) is 0 Å². The fourth-order valence-electron chi connectivity index (χ4n) is 1.14. The summed E-state index contributed by atoms with van der Waals surface area (Å²) in [5, 5.41) is 7.84. The highest BCUT2D eigenvalue weighted by Gasteiger charge is 2.07. The van der Waals surface area contributed by atoms with E-state index in [0.29, 0.717) is 5.69 Å². The van der Waals surface area contributed by atoms with Crippen LogP contribution < -0.4 is 0 Å². The van der Waals surface area contributed by atoms with E-state index in [4.69, 9.17) is 0 Å². The van der Waals surface area contributed by atoms with E-state index in [1.165, 1.54) is 6.20 Å². The highest BCUT2D eigenvalue weighted by atomic mass is 127. The average molecular weight is 288 g/mol. The van der Waals surface area contributed by atoms with E-state index >= 15 is 0 Å². The van der Waals surface area contributed by atoms with E-state index in [1.807, 2.05) is 7.05 Å². The van der Waals surface area contributed by atoms with Gasteiger partial charge in [0.2, 0.25) is 0 Å². The van der Waals surface area contributed by atoms with E-state index in [1.54, 1.807) is 10.7 Å². The largest absolute Gasteiger partial charge is 0.249 e. The molecule has 0 fully saturated rings. The summed E-state index contributed by atoms with van der Waals surface area (Å²) in [6.45, 7) is 0. The smallest absolute Gasteiger partial charge is 0.158 e. The number of nitrogens with zero attached hydrogens (tertiary/aromatic N) is 4. The molecular formula is C7H5IN4O. The first-order valence-corrected chi connectivity index (χ1v) is 4.62. The maximum atomic E-state index is 10.2. The Kier molecular flexibility index (Phi) is 1.98. The van der Waals surface area contributed by atoms with Crippen molar-refractivity contribution in [3.63, 3.8) is 0 Å². The van der Waals surface area contributed by atoms with Gasteiger partial charge in [-0.25, -0.2) is 9.67 Å². The monoisotopic (exact) mass is 288 g/mol. The number of nitroso groups, excluding NO2 is 1. The van der Waals surface area contributed by atoms with Crippen LogP contribution in [0.3, 0.4) is 0 Å². The van der Waals surface area contributed by atoms with Crippen LogP contribution in [0.5, 0.6) is 0 Å². The number of hydrogen-bond donors (Lipinski definition) is 0. The summed E-state index contributed by atoms with van der Waals surface area (Å²) >= 11 is 2.10. The van der Waals surface area contributed by atoms with Crippen LogP contribution in [-0.4, -0.2) is 14.8 Å². The molecule has 0 N–H and O–H groups in total. The second kappa shape index (κ2) is 3.02. The lowest BCUT2D eigenvalue weighted by Gasteiger charge is -1.91. The van der Waals surface area contributed by atoms with Crippen molar-refractivity contribution in [1.29, 1.82) is 0 Å². The van der Waals surface area contributed by atoms with Crippen LogP contribution in [0.25, 0.3) is 11.0 Å². The van der Waals surface area contributed by atoms with Crippen LogP contribution >= 0.6 is 22.6 Å². The van der Waals surface area contributed by atoms with Gasteiger partial charge in [0.25, 0.3) is 0 Å². The summed E-state index contributed by atoms with van der Waals surface area (Å²) in [5.41, 5.74) is 1.09. The minimum atomic E-state index is 0.332. The molecule has 2 heterocycles. The summed E-state index contributed by atoms with van der Waals surface area (Å²) in [7, 11) is 1.81. The molecule has 13 heavy (non-hydrogen) atoms. The lowest BCUT2D eigenvalue weighted by atomic mass is 10.3. The Morgan fingerprint density at radius 3 is 3.08 bits per heavy atom. The average Bonchev–Trinajstić information content (AvgIpc) is 2.42. The van der Waals surface area contributed by atoms with Crippen LogP contribution in [0.15, 0.2) is 17.4 Å². The minimum Gasteiger partial charge on any atom is -0.249 e. The predicted molar refractivity (Wildman–Crippen MR) is 56.7 cm³/mol. The van der Waals surface area contributed by atoms with Crippen molar-refractivity contribution < 1.29 is 0 Å². The Labute approximate surface area is 87.3 Å². The van der Waals surface area contributed by atoms with Gasteiger partial charge < -0.3 is 0 Å². The zero-order valence-corrected chi connectivity index (χ0v) is 8.89. The molecule has 6 heteroatoms. The summed E-state index contributed by atoms with van der Waals surface area (Å²) in [4.78, 5) is 14.3. The highest BCUT2D eigenvalue weighted by molar-refractivity contribution is 14.1. The lowest BCUT2D eigenvalue weighted by Crippen LogP contribution is -1.90. The van der Waals surface area contributed by atoms with E-state index in [2.05, 4.69) is 37.9 Å². The number of hydrogen-bond acceptors (Lipinski definition) is 4. The third kappa shape index (κ3) is 1.30. The van der Waals surface area contributed by atoms with Crippen molar-refractivity contribution in [3.05, 3.63) is 20.9 Å². The molecule has 0 aliphatic carbocycles. The Hall–Kier alpha value is -1.05. The molecule has 0 bridgehead atoms. The maximum absolute atomic E-state index is 10.2. The van der Waals surface area contributed by atoms with E-state index in [0.717, 1.165) is 14.7 Å². The number of halogens is 1. The molecule has 0 unspecified atom stereocenters. The van der Waals surface area contributed by atoms with Crippen LogP contribution in [0, 0.1) is 8.61 Å². The van der Waals surface area contributed by atoms with E-state index in [9.17, 15) is 4.91 Å². The van der Waals surface area contributed by atoms with Crippen molar-refractivity contribution >= 4 is 39.3 Å². The zero-order valence-electron chi connectivity index (χ0n) is 6.73. The standard InChI is InChI=1S/C7H5IN4O/c1-12-7-5(6(8)10-12)2-4(11-13)3-9-7/h2-3H,1H3. The predicted octanol–water partition coefficient (Wildman–Crippen LogP) is 1.97. The Bertz CT molecular complexity index is 479. The Morgan fingerprint density at radius 1 is 1.62 bits per heavy atom. The molecule has 0 saturated carbocycles. The first kappa shape index (κ1) is 8.54. The van der Waals surface area contributed by atoms with Gasteiger partial charge in [-0.3, -0.25) is 0 Å². The molecule has 0 radical (unpaired) electrons. The fraction of sp³-hybridized carbons (Fsp3) is 0.143. The number of aryl methyl sites for hydroxylation is 1. The van der Waals surface area contributed by atoms with Crippen LogP contribution in [0.4, 0.5) is 5.69 Å². The van der Waals surface area contributed by atoms with Gasteiger partial charge in [0.05, 0.1) is 11.6 Å². The van der Waals surface area contributed by atoms with Gasteiger partial charge in [0, 0.05) is 7.05 Å². The van der Waals surface area contributed by atoms with Gasteiger partial charge in [0.15, 0.2) is 5.65 Å². The summed E-state index contributed by atoms with van der Waals surface area (Å²) < 4.78 is 2.50. The van der Waals surface area contributed by atoms with Crippen molar-refractivity contribution in [1.82, 2.24) is 14.8 Å². The first-order chi connectivity index (χ1) is 6.22. The van der Waals surface area contributed by atoms with Gasteiger partial charge in [0.1, 0.15) is 9.39 Å². The molecule has 0 aromatic carbocycles. The van der Waals surface area contributed by atoms with E-state index < -0.39 is 0 Å². The number of aromatic nitrogens is 3. The SMILES string of the molecule is Cn1nc(I)c2cc(N=O)cnc21. The zero-order chi connectivity index (χ0) is 9.42. The fourth-order valence-corrected chi connectivity index (χ4v) is 1.86. The minimum absolute atomic E-state index is 0.332. The van der Waals surface area contributed by atoms with Crippen molar-refractivity contribution in [2.45, 2.75) is 0 Å². The molecule has 0 spiro atoms. The van der Waals surface area contributed by atoms with Crippen molar-refractivity contribution in [3.8, 4) is 0 Å². The number of pyridine rings is 1. The van der Waals surface area contributed by atoms with Gasteiger partial charge in [-0.1, -0.05) is 0 Å². The Balaban J connectivity index is 2.83. The Morgan fingerprint density at radius 2 is 2.38 bits per heavy atom. The molecule has 2 rings (SSSR count). The topological polar surface area (TPSA) is 60.1 Å². The summed E-state index contributed by atoms with van der Waals surface area (Å²) in [6, 6.07) is 1.68. The van der Waals surface area contributed by atoms with Crippen molar-refractivity contribution in [2.24, 2.45) is 12.2 Å². The highest BCUT2D eigenvalue weighted by Crippen LogP contribution is 2.22. The third-order valence-corrected chi connectivity index (χ3v) is 2.52. The molecule has 0 atom stereocenters. The molecule has 0 aliphatic heterocycles. The molecule has 0 aliphatic rings. The third-order valence-electron chi connectivity index (χ3n) is 1.72. The molecule has 0 amide bonds. The maximum Gasteiger partial charge on any atom is 0.158 e. The van der Waals surface area contributed by atoms with Crippen LogP contribution in [0.1, 0.15) is 0 Å².